The van der Waals surface area contributed by atoms with E-state index in [-0.39, 0.29) is 17.4 Å². The average molecular weight is 447 g/mol. The molecule has 4 nitrogen and oxygen atoms in total. The second-order valence-electron chi connectivity index (χ2n) is 7.86. The maximum Gasteiger partial charge on any atom is 0.338 e. The fourth-order valence-electron chi connectivity index (χ4n) is 3.90. The van der Waals surface area contributed by atoms with Crippen molar-refractivity contribution in [3.63, 3.8) is 0 Å². The number of halogens is 2. The summed E-state index contributed by atoms with van der Waals surface area (Å²) < 4.78 is 32.8. The van der Waals surface area contributed by atoms with Crippen molar-refractivity contribution in [2.75, 3.05) is 7.11 Å². The first-order valence-corrected chi connectivity index (χ1v) is 10.5. The predicted molar refractivity (Wildman–Crippen MR) is 125 cm³/mol. The SMILES string of the molecule is COc1cc(C(C)NCc2cc(-c3ccc(F)c(C(=O)O)c3)c3ccccc3c2)ccc1F. The average Bonchev–Trinajstić information content (AvgIpc) is 2.82. The summed E-state index contributed by atoms with van der Waals surface area (Å²) in [6.07, 6.45) is 0. The van der Waals surface area contributed by atoms with Gasteiger partial charge in [-0.1, -0.05) is 36.4 Å². The van der Waals surface area contributed by atoms with E-state index in [0.29, 0.717) is 12.1 Å². The molecule has 2 N–H and O–H groups in total. The van der Waals surface area contributed by atoms with Crippen molar-refractivity contribution in [1.82, 2.24) is 5.32 Å². The quantitative estimate of drug-likeness (QED) is 0.347. The summed E-state index contributed by atoms with van der Waals surface area (Å²) in [6.45, 7) is 2.50. The Hall–Kier alpha value is -3.77. The Morgan fingerprint density at radius 2 is 1.76 bits per heavy atom. The highest BCUT2D eigenvalue weighted by Gasteiger charge is 2.15. The van der Waals surface area contributed by atoms with Crippen LogP contribution in [0.25, 0.3) is 21.9 Å². The smallest absolute Gasteiger partial charge is 0.338 e. The summed E-state index contributed by atoms with van der Waals surface area (Å²) in [5.74, 6) is -2.29. The molecule has 4 rings (SSSR count). The molecule has 168 valence electrons. The number of aromatic carboxylic acids is 1. The van der Waals surface area contributed by atoms with Crippen molar-refractivity contribution in [2.45, 2.75) is 19.5 Å². The van der Waals surface area contributed by atoms with Gasteiger partial charge in [-0.2, -0.15) is 0 Å². The minimum absolute atomic E-state index is 0.0705. The van der Waals surface area contributed by atoms with Crippen LogP contribution in [0.4, 0.5) is 8.78 Å². The van der Waals surface area contributed by atoms with E-state index in [1.54, 1.807) is 18.2 Å². The van der Waals surface area contributed by atoms with E-state index in [1.165, 1.54) is 25.3 Å². The first kappa shape index (κ1) is 22.4. The summed E-state index contributed by atoms with van der Waals surface area (Å²) in [7, 11) is 1.43. The normalized spacial score (nSPS) is 12.0. The van der Waals surface area contributed by atoms with Crippen LogP contribution in [0.1, 0.15) is 34.5 Å². The highest BCUT2D eigenvalue weighted by atomic mass is 19.1. The number of nitrogens with one attached hydrogen (secondary N) is 1. The molecule has 1 atom stereocenters. The first-order chi connectivity index (χ1) is 15.9. The molecule has 0 aromatic heterocycles. The molecule has 0 saturated carbocycles. The molecule has 0 aliphatic heterocycles. The molecule has 0 saturated heterocycles. The van der Waals surface area contributed by atoms with Crippen molar-refractivity contribution in [3.8, 4) is 16.9 Å². The zero-order valence-corrected chi connectivity index (χ0v) is 18.2. The van der Waals surface area contributed by atoms with Crippen molar-refractivity contribution >= 4 is 16.7 Å². The largest absolute Gasteiger partial charge is 0.494 e. The summed E-state index contributed by atoms with van der Waals surface area (Å²) in [4.78, 5) is 11.4. The molecule has 0 fully saturated rings. The van der Waals surface area contributed by atoms with E-state index >= 15 is 0 Å². The summed E-state index contributed by atoms with van der Waals surface area (Å²) in [5.41, 5.74) is 2.95. The van der Waals surface area contributed by atoms with E-state index in [9.17, 15) is 18.7 Å². The number of carbonyl (C=O) groups is 1. The van der Waals surface area contributed by atoms with Crippen molar-refractivity contribution in [1.29, 1.82) is 0 Å². The van der Waals surface area contributed by atoms with Crippen LogP contribution in [0.15, 0.2) is 72.8 Å². The number of ether oxygens (including phenoxy) is 1. The number of carboxylic acids is 1. The minimum Gasteiger partial charge on any atom is -0.494 e. The van der Waals surface area contributed by atoms with Crippen LogP contribution in [-0.4, -0.2) is 18.2 Å². The molecule has 4 aromatic rings. The highest BCUT2D eigenvalue weighted by molar-refractivity contribution is 5.98. The molecule has 4 aromatic carbocycles. The Kier molecular flexibility index (Phi) is 6.38. The molecule has 0 bridgehead atoms. The summed E-state index contributed by atoms with van der Waals surface area (Å²) in [6, 6.07) is 20.7. The fraction of sp³-hybridized carbons (Fsp3) is 0.148. The van der Waals surface area contributed by atoms with Gasteiger partial charge in [0, 0.05) is 12.6 Å². The molecule has 0 radical (unpaired) electrons. The molecule has 0 heterocycles. The lowest BCUT2D eigenvalue weighted by Crippen LogP contribution is -2.18. The van der Waals surface area contributed by atoms with Crippen molar-refractivity contribution in [3.05, 3.63) is 101 Å². The molecule has 6 heteroatoms. The molecule has 0 spiro atoms. The Morgan fingerprint density at radius 3 is 2.52 bits per heavy atom. The molecule has 0 amide bonds. The fourth-order valence-corrected chi connectivity index (χ4v) is 3.90. The number of fused-ring (bicyclic) bond motifs is 1. The Bertz CT molecular complexity index is 1340. The number of benzene rings is 4. The van der Waals surface area contributed by atoms with E-state index in [1.807, 2.05) is 37.3 Å². The minimum atomic E-state index is -1.31. The number of rotatable bonds is 7. The van der Waals surface area contributed by atoms with Gasteiger partial charge in [-0.05, 0) is 76.3 Å². The van der Waals surface area contributed by atoms with E-state index in [2.05, 4.69) is 11.4 Å². The maximum atomic E-state index is 14.0. The van der Waals surface area contributed by atoms with Crippen LogP contribution in [0, 0.1) is 11.6 Å². The van der Waals surface area contributed by atoms with Crippen molar-refractivity contribution in [2.24, 2.45) is 0 Å². The number of methoxy groups -OCH3 is 1. The van der Waals surface area contributed by atoms with Gasteiger partial charge in [0.15, 0.2) is 11.6 Å². The van der Waals surface area contributed by atoms with Gasteiger partial charge < -0.3 is 15.2 Å². The van der Waals surface area contributed by atoms with Crippen LogP contribution in [0.5, 0.6) is 5.75 Å². The van der Waals surface area contributed by atoms with E-state index < -0.39 is 17.6 Å². The van der Waals surface area contributed by atoms with Gasteiger partial charge in [0.1, 0.15) is 5.82 Å². The van der Waals surface area contributed by atoms with Crippen LogP contribution >= 0.6 is 0 Å². The summed E-state index contributed by atoms with van der Waals surface area (Å²) >= 11 is 0. The first-order valence-electron chi connectivity index (χ1n) is 10.5. The predicted octanol–water partition coefficient (Wildman–Crippen LogP) is 6.34. The Balaban J connectivity index is 1.67. The standard InChI is InChI=1S/C27H23F2NO3/c1-16(18-7-10-25(29)26(14-18)33-2)30-15-17-11-19-5-3-4-6-21(19)22(12-17)20-8-9-24(28)23(13-20)27(31)32/h3-14,16,30H,15H2,1-2H3,(H,31,32). The van der Waals surface area contributed by atoms with Gasteiger partial charge in [0.05, 0.1) is 12.7 Å². The van der Waals surface area contributed by atoms with Gasteiger partial charge in [0.2, 0.25) is 0 Å². The Morgan fingerprint density at radius 1 is 1.00 bits per heavy atom. The molecule has 0 aliphatic rings. The van der Waals surface area contributed by atoms with Crippen LogP contribution in [-0.2, 0) is 6.54 Å². The van der Waals surface area contributed by atoms with Crippen molar-refractivity contribution < 1.29 is 23.4 Å². The van der Waals surface area contributed by atoms with Crippen LogP contribution in [0.3, 0.4) is 0 Å². The molecular formula is C27H23F2NO3. The third-order valence-electron chi connectivity index (χ3n) is 5.72. The summed E-state index contributed by atoms with van der Waals surface area (Å²) in [5, 5.41) is 14.7. The van der Waals surface area contributed by atoms with Gasteiger partial charge in [-0.15, -0.1) is 0 Å². The topological polar surface area (TPSA) is 58.6 Å². The maximum absolute atomic E-state index is 14.0. The second-order valence-corrected chi connectivity index (χ2v) is 7.86. The second kappa shape index (κ2) is 9.38. The van der Waals surface area contributed by atoms with Crippen LogP contribution < -0.4 is 10.1 Å². The number of hydrogen-bond acceptors (Lipinski definition) is 3. The zero-order valence-electron chi connectivity index (χ0n) is 18.2. The number of hydrogen-bond donors (Lipinski definition) is 2. The van der Waals surface area contributed by atoms with E-state index in [0.717, 1.165) is 27.5 Å². The third kappa shape index (κ3) is 4.71. The molecule has 0 aliphatic carbocycles. The van der Waals surface area contributed by atoms with Crippen LogP contribution in [0.2, 0.25) is 0 Å². The molecule has 33 heavy (non-hydrogen) atoms. The van der Waals surface area contributed by atoms with Gasteiger partial charge in [0.25, 0.3) is 0 Å². The lowest BCUT2D eigenvalue weighted by molar-refractivity contribution is 0.0692. The lowest BCUT2D eigenvalue weighted by atomic mass is 9.94. The third-order valence-corrected chi connectivity index (χ3v) is 5.72. The zero-order chi connectivity index (χ0) is 23.5. The van der Waals surface area contributed by atoms with Gasteiger partial charge in [-0.3, -0.25) is 0 Å². The molecule has 1 unspecified atom stereocenters. The Labute approximate surface area is 190 Å². The number of carboxylic acid groups (broad SMARTS) is 1. The monoisotopic (exact) mass is 447 g/mol. The highest BCUT2D eigenvalue weighted by Crippen LogP contribution is 2.32. The van der Waals surface area contributed by atoms with Gasteiger partial charge in [-0.25, -0.2) is 13.6 Å². The lowest BCUT2D eigenvalue weighted by Gasteiger charge is -2.17. The van der Waals surface area contributed by atoms with E-state index in [4.69, 9.17) is 4.74 Å². The van der Waals surface area contributed by atoms with Gasteiger partial charge >= 0.3 is 5.97 Å². The molecular weight excluding hydrogens is 424 g/mol.